The number of carbonyl (C=O) groups excluding carboxylic acids is 3. The summed E-state index contributed by atoms with van der Waals surface area (Å²) in [7, 11) is 0. The number of nitrogens with one attached hydrogen (secondary N) is 2. The number of halogens is 2. The molecule has 2 fully saturated rings. The van der Waals surface area contributed by atoms with Gasteiger partial charge in [-0.3, -0.25) is 15.0 Å². The summed E-state index contributed by atoms with van der Waals surface area (Å²) in [6.45, 7) is -0.525. The summed E-state index contributed by atoms with van der Waals surface area (Å²) in [6.07, 6.45) is 3.83. The predicted octanol–water partition coefficient (Wildman–Crippen LogP) is 2.25. The Bertz CT molecular complexity index is 721. The first-order valence-electron chi connectivity index (χ1n) is 7.95. The van der Waals surface area contributed by atoms with E-state index >= 15 is 0 Å². The zero-order valence-electron chi connectivity index (χ0n) is 13.3. The summed E-state index contributed by atoms with van der Waals surface area (Å²) in [5.74, 6) is -1.91. The maximum absolute atomic E-state index is 13.7. The summed E-state index contributed by atoms with van der Waals surface area (Å²) < 4.78 is 19.3. The SMILES string of the molecule is O=C(COc1ccc(Br)cc1F)NN1C(=O)NC2(CCCCC2)C1=O. The molecule has 1 aliphatic carbocycles. The van der Waals surface area contributed by atoms with Crippen molar-refractivity contribution in [3.8, 4) is 5.75 Å². The molecule has 1 spiro atoms. The van der Waals surface area contributed by atoms with Gasteiger partial charge in [0.25, 0.3) is 11.8 Å². The molecule has 1 aromatic carbocycles. The Labute approximate surface area is 152 Å². The van der Waals surface area contributed by atoms with Crippen molar-refractivity contribution in [2.75, 3.05) is 6.61 Å². The minimum atomic E-state index is -0.915. The van der Waals surface area contributed by atoms with E-state index in [-0.39, 0.29) is 5.75 Å². The van der Waals surface area contributed by atoms with Gasteiger partial charge in [-0.15, -0.1) is 0 Å². The minimum Gasteiger partial charge on any atom is -0.481 e. The van der Waals surface area contributed by atoms with Crippen molar-refractivity contribution >= 4 is 33.8 Å². The number of urea groups is 1. The standard InChI is InChI=1S/C16H17BrFN3O4/c17-10-4-5-12(11(18)8-10)25-9-13(22)20-21-14(23)16(19-15(21)24)6-2-1-3-7-16/h4-5,8H,1-3,6-7,9H2,(H,19,24)(H,20,22). The summed E-state index contributed by atoms with van der Waals surface area (Å²) in [6, 6.07) is 3.49. The fraction of sp³-hybridized carbons (Fsp3) is 0.438. The smallest absolute Gasteiger partial charge is 0.344 e. The molecule has 1 aliphatic heterocycles. The molecule has 4 amide bonds. The number of nitrogens with zero attached hydrogens (tertiary/aromatic N) is 1. The van der Waals surface area contributed by atoms with Gasteiger partial charge in [-0.1, -0.05) is 35.2 Å². The number of rotatable bonds is 4. The number of benzene rings is 1. The zero-order valence-corrected chi connectivity index (χ0v) is 14.9. The Hall–Kier alpha value is -2.16. The van der Waals surface area contributed by atoms with Crippen LogP contribution in [0.25, 0.3) is 0 Å². The zero-order chi connectivity index (χ0) is 18.0. The van der Waals surface area contributed by atoms with E-state index in [0.717, 1.165) is 19.3 Å². The molecule has 0 bridgehead atoms. The summed E-state index contributed by atoms with van der Waals surface area (Å²) in [4.78, 5) is 36.5. The van der Waals surface area contributed by atoms with E-state index in [0.29, 0.717) is 22.3 Å². The first-order valence-corrected chi connectivity index (χ1v) is 8.75. The lowest BCUT2D eigenvalue weighted by Crippen LogP contribution is -2.51. The van der Waals surface area contributed by atoms with Gasteiger partial charge in [0.1, 0.15) is 5.54 Å². The number of carbonyl (C=O) groups is 3. The Balaban J connectivity index is 1.59. The molecule has 1 heterocycles. The Morgan fingerprint density at radius 2 is 2.04 bits per heavy atom. The maximum atomic E-state index is 13.7. The van der Waals surface area contributed by atoms with Gasteiger partial charge in [-0.2, -0.15) is 5.01 Å². The van der Waals surface area contributed by atoms with Gasteiger partial charge in [0, 0.05) is 4.47 Å². The second-order valence-corrected chi connectivity index (χ2v) is 7.03. The van der Waals surface area contributed by atoms with Crippen LogP contribution in [0.3, 0.4) is 0 Å². The van der Waals surface area contributed by atoms with E-state index in [1.165, 1.54) is 12.1 Å². The quantitative estimate of drug-likeness (QED) is 0.740. The number of hydrogen-bond acceptors (Lipinski definition) is 4. The predicted molar refractivity (Wildman–Crippen MR) is 88.9 cm³/mol. The third-order valence-corrected chi connectivity index (χ3v) is 4.85. The average Bonchev–Trinajstić information content (AvgIpc) is 2.79. The van der Waals surface area contributed by atoms with E-state index in [9.17, 15) is 18.8 Å². The molecular formula is C16H17BrFN3O4. The van der Waals surface area contributed by atoms with Gasteiger partial charge in [-0.25, -0.2) is 9.18 Å². The van der Waals surface area contributed by atoms with Gasteiger partial charge < -0.3 is 10.1 Å². The number of hydrazine groups is 1. The third-order valence-electron chi connectivity index (χ3n) is 4.36. The van der Waals surface area contributed by atoms with Crippen LogP contribution in [0.1, 0.15) is 32.1 Å². The molecule has 25 heavy (non-hydrogen) atoms. The van der Waals surface area contributed by atoms with Crippen molar-refractivity contribution in [2.24, 2.45) is 0 Å². The van der Waals surface area contributed by atoms with Gasteiger partial charge in [-0.05, 0) is 31.0 Å². The first-order chi connectivity index (χ1) is 11.9. The molecule has 0 atom stereocenters. The first kappa shape index (κ1) is 17.7. The summed E-state index contributed by atoms with van der Waals surface area (Å²) in [5.41, 5.74) is 1.31. The van der Waals surface area contributed by atoms with Crippen LogP contribution in [0, 0.1) is 5.82 Å². The van der Waals surface area contributed by atoms with Crippen LogP contribution in [0.5, 0.6) is 5.75 Å². The van der Waals surface area contributed by atoms with Crippen LogP contribution in [-0.2, 0) is 9.59 Å². The summed E-state index contributed by atoms with van der Waals surface area (Å²) in [5, 5.41) is 3.37. The van der Waals surface area contributed by atoms with Gasteiger partial charge in [0.05, 0.1) is 0 Å². The Morgan fingerprint density at radius 1 is 1.32 bits per heavy atom. The van der Waals surface area contributed by atoms with Crippen molar-refractivity contribution in [1.82, 2.24) is 15.8 Å². The average molecular weight is 414 g/mol. The van der Waals surface area contributed by atoms with Crippen LogP contribution < -0.4 is 15.5 Å². The largest absolute Gasteiger partial charge is 0.481 e. The van der Waals surface area contributed by atoms with Crippen LogP contribution in [0.15, 0.2) is 22.7 Å². The molecule has 1 aromatic rings. The number of hydrogen-bond donors (Lipinski definition) is 2. The van der Waals surface area contributed by atoms with E-state index in [1.807, 2.05) is 0 Å². The minimum absolute atomic E-state index is 0.0979. The van der Waals surface area contributed by atoms with E-state index in [2.05, 4.69) is 26.7 Å². The molecule has 2 N–H and O–H groups in total. The number of imide groups is 1. The second kappa shape index (κ2) is 6.99. The molecule has 3 rings (SSSR count). The lowest BCUT2D eigenvalue weighted by Gasteiger charge is -2.30. The fourth-order valence-corrected chi connectivity index (χ4v) is 3.44. The Kier molecular flexibility index (Phi) is 4.94. The third kappa shape index (κ3) is 3.60. The highest BCUT2D eigenvalue weighted by Gasteiger charge is 2.52. The van der Waals surface area contributed by atoms with Crippen LogP contribution in [0.4, 0.5) is 9.18 Å². The molecule has 9 heteroatoms. The van der Waals surface area contributed by atoms with E-state index < -0.39 is 35.8 Å². The molecule has 134 valence electrons. The molecule has 1 saturated carbocycles. The van der Waals surface area contributed by atoms with Crippen LogP contribution >= 0.6 is 15.9 Å². The molecule has 0 radical (unpaired) electrons. The normalized spacial score (nSPS) is 19.0. The van der Waals surface area contributed by atoms with Gasteiger partial charge >= 0.3 is 6.03 Å². The topological polar surface area (TPSA) is 87.7 Å². The lowest BCUT2D eigenvalue weighted by atomic mass is 9.82. The highest BCUT2D eigenvalue weighted by Crippen LogP contribution is 2.33. The second-order valence-electron chi connectivity index (χ2n) is 6.11. The Morgan fingerprint density at radius 3 is 2.72 bits per heavy atom. The highest BCUT2D eigenvalue weighted by atomic mass is 79.9. The maximum Gasteiger partial charge on any atom is 0.344 e. The monoisotopic (exact) mass is 413 g/mol. The van der Waals surface area contributed by atoms with Crippen molar-refractivity contribution < 1.29 is 23.5 Å². The number of ether oxygens (including phenoxy) is 1. The molecule has 1 saturated heterocycles. The molecule has 0 aromatic heterocycles. The van der Waals surface area contributed by atoms with E-state index in [1.54, 1.807) is 6.07 Å². The lowest BCUT2D eigenvalue weighted by molar-refractivity contribution is -0.140. The van der Waals surface area contributed by atoms with Gasteiger partial charge in [0.15, 0.2) is 18.2 Å². The van der Waals surface area contributed by atoms with Crippen molar-refractivity contribution in [3.05, 3.63) is 28.5 Å². The van der Waals surface area contributed by atoms with Crippen molar-refractivity contribution in [1.29, 1.82) is 0 Å². The van der Waals surface area contributed by atoms with Crippen molar-refractivity contribution in [2.45, 2.75) is 37.6 Å². The number of amides is 4. The van der Waals surface area contributed by atoms with Crippen LogP contribution in [-0.4, -0.2) is 35.0 Å². The molecule has 2 aliphatic rings. The highest BCUT2D eigenvalue weighted by molar-refractivity contribution is 9.10. The summed E-state index contributed by atoms with van der Waals surface area (Å²) >= 11 is 3.12. The molecule has 0 unspecified atom stereocenters. The van der Waals surface area contributed by atoms with Gasteiger partial charge in [0.2, 0.25) is 0 Å². The van der Waals surface area contributed by atoms with Crippen LogP contribution in [0.2, 0.25) is 0 Å². The van der Waals surface area contributed by atoms with E-state index in [4.69, 9.17) is 4.74 Å². The van der Waals surface area contributed by atoms with Crippen molar-refractivity contribution in [3.63, 3.8) is 0 Å². The molecule has 7 nitrogen and oxygen atoms in total. The fourth-order valence-electron chi connectivity index (χ4n) is 3.11. The molecular weight excluding hydrogens is 397 g/mol.